The van der Waals surface area contributed by atoms with Crippen LogP contribution in [0, 0.1) is 6.92 Å². The van der Waals surface area contributed by atoms with Gasteiger partial charge in [-0.25, -0.2) is 10.0 Å². The second-order valence-electron chi connectivity index (χ2n) is 7.20. The van der Waals surface area contributed by atoms with Gasteiger partial charge < -0.3 is 11.1 Å². The normalized spacial score (nSPS) is 26.8. The molecule has 4 rings (SSSR count). The standard InChI is InChI=1S/C19H26N4O/c1-12-6-5-8-13-14(10-11-21-17(12)13)19(24)23-18(20)15-7-3-4-9-16(15)22(23)2/h5-6,8,14,16,21H,3-4,7,9-11,20H2,1-2H3. The number of likely N-dealkylation sites (N-methyl/N-ethyl adjacent to an activating group) is 1. The summed E-state index contributed by atoms with van der Waals surface area (Å²) >= 11 is 0. The first-order chi connectivity index (χ1) is 11.6. The van der Waals surface area contributed by atoms with Crippen LogP contribution in [0.25, 0.3) is 0 Å². The maximum Gasteiger partial charge on any atom is 0.250 e. The molecule has 3 aliphatic rings. The van der Waals surface area contributed by atoms with E-state index in [1.807, 2.05) is 13.1 Å². The number of aryl methyl sites for hydroxylation is 1. The van der Waals surface area contributed by atoms with E-state index >= 15 is 0 Å². The predicted octanol–water partition coefficient (Wildman–Crippen LogP) is 2.70. The first-order valence-electron chi connectivity index (χ1n) is 8.98. The van der Waals surface area contributed by atoms with E-state index in [0.717, 1.165) is 37.1 Å². The van der Waals surface area contributed by atoms with Crippen LogP contribution < -0.4 is 11.1 Å². The molecule has 5 heteroatoms. The summed E-state index contributed by atoms with van der Waals surface area (Å²) in [5, 5.41) is 7.28. The molecule has 3 N–H and O–H groups in total. The first-order valence-corrected chi connectivity index (χ1v) is 8.98. The van der Waals surface area contributed by atoms with Crippen molar-refractivity contribution in [2.24, 2.45) is 5.73 Å². The van der Waals surface area contributed by atoms with Crippen molar-refractivity contribution in [1.82, 2.24) is 10.0 Å². The number of carbonyl (C=O) groups is 1. The summed E-state index contributed by atoms with van der Waals surface area (Å²) in [7, 11) is 2.01. The molecule has 0 saturated heterocycles. The van der Waals surface area contributed by atoms with Crippen LogP contribution in [0.1, 0.15) is 49.1 Å². The van der Waals surface area contributed by atoms with Gasteiger partial charge in [0.25, 0.3) is 5.91 Å². The van der Waals surface area contributed by atoms with Crippen LogP contribution in [-0.2, 0) is 4.79 Å². The third-order valence-corrected chi connectivity index (χ3v) is 5.82. The van der Waals surface area contributed by atoms with Gasteiger partial charge in [-0.3, -0.25) is 4.79 Å². The van der Waals surface area contributed by atoms with Gasteiger partial charge in [0, 0.05) is 19.3 Å². The number of carbonyl (C=O) groups excluding carboxylic acids is 1. The Hall–Kier alpha value is -2.01. The van der Waals surface area contributed by atoms with Crippen LogP contribution in [0.5, 0.6) is 0 Å². The number of hydrogen-bond donors (Lipinski definition) is 2. The smallest absolute Gasteiger partial charge is 0.250 e. The van der Waals surface area contributed by atoms with E-state index in [0.29, 0.717) is 11.9 Å². The summed E-state index contributed by atoms with van der Waals surface area (Å²) in [6.07, 6.45) is 5.32. The van der Waals surface area contributed by atoms with Crippen LogP contribution in [0.4, 0.5) is 5.69 Å². The Morgan fingerprint density at radius 3 is 2.92 bits per heavy atom. The molecule has 1 aliphatic carbocycles. The Morgan fingerprint density at radius 2 is 2.12 bits per heavy atom. The number of amides is 1. The average Bonchev–Trinajstić information content (AvgIpc) is 2.86. The van der Waals surface area contributed by atoms with Crippen molar-refractivity contribution in [2.45, 2.75) is 51.0 Å². The molecule has 1 fully saturated rings. The molecule has 5 nitrogen and oxygen atoms in total. The summed E-state index contributed by atoms with van der Waals surface area (Å²) < 4.78 is 0. The number of para-hydroxylation sites is 1. The summed E-state index contributed by atoms with van der Waals surface area (Å²) in [5.74, 6) is 0.674. The quantitative estimate of drug-likeness (QED) is 0.833. The van der Waals surface area contributed by atoms with Crippen LogP contribution >= 0.6 is 0 Å². The largest absolute Gasteiger partial charge is 0.385 e. The molecule has 1 saturated carbocycles. The molecule has 2 heterocycles. The predicted molar refractivity (Wildman–Crippen MR) is 95.1 cm³/mol. The highest BCUT2D eigenvalue weighted by Crippen LogP contribution is 2.40. The zero-order valence-corrected chi connectivity index (χ0v) is 14.5. The molecular weight excluding hydrogens is 300 g/mol. The Balaban J connectivity index is 1.68. The molecule has 24 heavy (non-hydrogen) atoms. The molecule has 1 amide bonds. The van der Waals surface area contributed by atoms with Gasteiger partial charge in [0.2, 0.25) is 0 Å². The number of fused-ring (bicyclic) bond motifs is 2. The Morgan fingerprint density at radius 1 is 1.29 bits per heavy atom. The molecule has 1 aromatic carbocycles. The van der Waals surface area contributed by atoms with Crippen LogP contribution in [0.2, 0.25) is 0 Å². The number of rotatable bonds is 1. The molecule has 0 bridgehead atoms. The molecule has 0 aromatic heterocycles. The third-order valence-electron chi connectivity index (χ3n) is 5.82. The van der Waals surface area contributed by atoms with E-state index < -0.39 is 0 Å². The van der Waals surface area contributed by atoms with Crippen molar-refractivity contribution in [2.75, 3.05) is 18.9 Å². The fourth-order valence-corrected chi connectivity index (χ4v) is 4.55. The topological polar surface area (TPSA) is 61.6 Å². The number of benzene rings is 1. The molecule has 0 spiro atoms. The zero-order valence-electron chi connectivity index (χ0n) is 14.5. The van der Waals surface area contributed by atoms with Crippen molar-refractivity contribution < 1.29 is 4.79 Å². The third kappa shape index (κ3) is 2.22. The maximum absolute atomic E-state index is 13.4. The molecule has 128 valence electrons. The minimum absolute atomic E-state index is 0.116. The van der Waals surface area contributed by atoms with Gasteiger partial charge >= 0.3 is 0 Å². The molecule has 0 radical (unpaired) electrons. The minimum atomic E-state index is -0.122. The number of hydrazine groups is 1. The highest BCUT2D eigenvalue weighted by molar-refractivity contribution is 5.88. The van der Waals surface area contributed by atoms with Gasteiger partial charge in [0.05, 0.1) is 12.0 Å². The van der Waals surface area contributed by atoms with E-state index in [4.69, 9.17) is 5.73 Å². The lowest BCUT2D eigenvalue weighted by Gasteiger charge is -2.35. The van der Waals surface area contributed by atoms with Crippen molar-refractivity contribution in [3.8, 4) is 0 Å². The Kier molecular flexibility index (Phi) is 3.76. The molecule has 2 unspecified atom stereocenters. The van der Waals surface area contributed by atoms with Crippen molar-refractivity contribution >= 4 is 11.6 Å². The fourth-order valence-electron chi connectivity index (χ4n) is 4.55. The molecular formula is C19H26N4O. The number of hydrogen-bond acceptors (Lipinski definition) is 4. The molecule has 2 atom stereocenters. The zero-order chi connectivity index (χ0) is 16.8. The SMILES string of the molecule is Cc1cccc2c1NCCC2C(=O)N1C(N)=C2CCCCC2N1C. The highest BCUT2D eigenvalue weighted by Gasteiger charge is 2.42. The van der Waals surface area contributed by atoms with Gasteiger partial charge in [-0.1, -0.05) is 24.6 Å². The fraction of sp³-hybridized carbons (Fsp3) is 0.526. The van der Waals surface area contributed by atoms with E-state index in [2.05, 4.69) is 29.4 Å². The number of anilines is 1. The lowest BCUT2D eigenvalue weighted by atomic mass is 9.88. The second kappa shape index (κ2) is 5.81. The minimum Gasteiger partial charge on any atom is -0.385 e. The Bertz CT molecular complexity index is 711. The van der Waals surface area contributed by atoms with Gasteiger partial charge in [-0.15, -0.1) is 0 Å². The van der Waals surface area contributed by atoms with Gasteiger partial charge in [0.15, 0.2) is 0 Å². The summed E-state index contributed by atoms with van der Waals surface area (Å²) in [6.45, 7) is 2.91. The summed E-state index contributed by atoms with van der Waals surface area (Å²) in [6, 6.07) is 6.51. The lowest BCUT2D eigenvalue weighted by Crippen LogP contribution is -2.47. The van der Waals surface area contributed by atoms with E-state index in [1.165, 1.54) is 24.0 Å². The van der Waals surface area contributed by atoms with Gasteiger partial charge in [0.1, 0.15) is 5.82 Å². The van der Waals surface area contributed by atoms with Crippen LogP contribution in [0.15, 0.2) is 29.6 Å². The van der Waals surface area contributed by atoms with Crippen molar-refractivity contribution in [3.63, 3.8) is 0 Å². The van der Waals surface area contributed by atoms with Gasteiger partial charge in [-0.2, -0.15) is 0 Å². The number of nitrogens with one attached hydrogen (secondary N) is 1. The number of nitrogens with zero attached hydrogens (tertiary/aromatic N) is 2. The molecule has 2 aliphatic heterocycles. The summed E-state index contributed by atoms with van der Waals surface area (Å²) in [4.78, 5) is 13.4. The maximum atomic E-state index is 13.4. The number of nitrogens with two attached hydrogens (primary N) is 1. The monoisotopic (exact) mass is 326 g/mol. The first kappa shape index (κ1) is 15.5. The van der Waals surface area contributed by atoms with E-state index in [1.54, 1.807) is 5.01 Å². The molecule has 1 aromatic rings. The second-order valence-corrected chi connectivity index (χ2v) is 7.20. The Labute approximate surface area is 143 Å². The van der Waals surface area contributed by atoms with Crippen LogP contribution in [0.3, 0.4) is 0 Å². The van der Waals surface area contributed by atoms with Crippen molar-refractivity contribution in [3.05, 3.63) is 40.7 Å². The lowest BCUT2D eigenvalue weighted by molar-refractivity contribution is -0.144. The highest BCUT2D eigenvalue weighted by atomic mass is 16.2. The summed E-state index contributed by atoms with van der Waals surface area (Å²) in [5.41, 5.74) is 11.1. The van der Waals surface area contributed by atoms with E-state index in [-0.39, 0.29) is 11.8 Å². The van der Waals surface area contributed by atoms with E-state index in [9.17, 15) is 4.79 Å². The average molecular weight is 326 g/mol. The van der Waals surface area contributed by atoms with Crippen LogP contribution in [-0.4, -0.2) is 35.6 Å². The van der Waals surface area contributed by atoms with Crippen molar-refractivity contribution in [1.29, 1.82) is 0 Å². The van der Waals surface area contributed by atoms with Gasteiger partial charge in [-0.05, 0) is 49.3 Å².